The molecule has 3 heteroatoms. The Morgan fingerprint density at radius 2 is 1.65 bits per heavy atom. The van der Waals surface area contributed by atoms with Crippen LogP contribution in [0.3, 0.4) is 0 Å². The molecule has 0 fully saturated rings. The first-order chi connectivity index (χ1) is 9.47. The van der Waals surface area contributed by atoms with Crippen LogP contribution in [0.4, 0.5) is 4.39 Å². The van der Waals surface area contributed by atoms with Crippen LogP contribution < -0.4 is 5.32 Å². The summed E-state index contributed by atoms with van der Waals surface area (Å²) in [7, 11) is 0. The third-order valence-electron chi connectivity index (χ3n) is 3.51. The molecule has 1 N–H and O–H groups in total. The first-order valence-corrected chi connectivity index (χ1v) is 7.87. The fraction of sp³-hybridized carbons (Fsp3) is 0.412. The molecule has 0 radical (unpaired) electrons. The number of rotatable bonds is 5. The molecule has 0 aliphatic carbocycles. The molecular formula is C17H22FNS. The lowest BCUT2D eigenvalue weighted by atomic mass is 9.95. The molecule has 0 aliphatic heterocycles. The van der Waals surface area contributed by atoms with E-state index in [9.17, 15) is 4.39 Å². The summed E-state index contributed by atoms with van der Waals surface area (Å²) >= 11 is 1.82. The van der Waals surface area contributed by atoms with Crippen LogP contribution in [-0.4, -0.2) is 0 Å². The number of hydrogen-bond acceptors (Lipinski definition) is 2. The summed E-state index contributed by atoms with van der Waals surface area (Å²) < 4.78 is 13.1. The predicted molar refractivity (Wildman–Crippen MR) is 84.6 cm³/mol. The summed E-state index contributed by atoms with van der Waals surface area (Å²) in [5, 5.41) is 3.67. The third-order valence-corrected chi connectivity index (χ3v) is 4.70. The Balaban J connectivity index is 2.15. The van der Waals surface area contributed by atoms with Crippen LogP contribution >= 0.6 is 11.3 Å². The van der Waals surface area contributed by atoms with Crippen molar-refractivity contribution in [3.63, 3.8) is 0 Å². The van der Waals surface area contributed by atoms with E-state index in [1.807, 2.05) is 23.5 Å². The average molecular weight is 291 g/mol. The average Bonchev–Trinajstić information content (AvgIpc) is 2.83. The molecular weight excluding hydrogens is 269 g/mol. The van der Waals surface area contributed by atoms with E-state index in [0.29, 0.717) is 12.0 Å². The highest BCUT2D eigenvalue weighted by Gasteiger charge is 2.19. The predicted octanol–water partition coefficient (Wildman–Crippen LogP) is 5.24. The van der Waals surface area contributed by atoms with Crippen LogP contribution in [0.2, 0.25) is 0 Å². The first-order valence-electron chi connectivity index (χ1n) is 7.05. The Morgan fingerprint density at radius 3 is 2.15 bits per heavy atom. The van der Waals surface area contributed by atoms with Gasteiger partial charge in [-0.15, -0.1) is 11.3 Å². The highest BCUT2D eigenvalue weighted by Crippen LogP contribution is 2.28. The summed E-state index contributed by atoms with van der Waals surface area (Å²) in [6.07, 6.45) is 0. The van der Waals surface area contributed by atoms with Gasteiger partial charge in [-0.05, 0) is 49.6 Å². The Bertz CT molecular complexity index is 544. The van der Waals surface area contributed by atoms with Gasteiger partial charge in [0.15, 0.2) is 0 Å². The topological polar surface area (TPSA) is 12.0 Å². The van der Waals surface area contributed by atoms with Gasteiger partial charge in [0.1, 0.15) is 5.82 Å². The molecule has 0 aliphatic rings. The van der Waals surface area contributed by atoms with Crippen LogP contribution in [0.1, 0.15) is 48.2 Å². The molecule has 20 heavy (non-hydrogen) atoms. The maximum atomic E-state index is 13.1. The van der Waals surface area contributed by atoms with Gasteiger partial charge >= 0.3 is 0 Å². The van der Waals surface area contributed by atoms with E-state index in [4.69, 9.17) is 0 Å². The third kappa shape index (κ3) is 3.68. The van der Waals surface area contributed by atoms with Crippen molar-refractivity contribution in [2.45, 2.75) is 39.8 Å². The summed E-state index contributed by atoms with van der Waals surface area (Å²) in [6, 6.07) is 11.7. The van der Waals surface area contributed by atoms with Gasteiger partial charge in [-0.3, -0.25) is 0 Å². The van der Waals surface area contributed by atoms with E-state index in [-0.39, 0.29) is 11.9 Å². The largest absolute Gasteiger partial charge is 0.302 e. The van der Waals surface area contributed by atoms with Crippen molar-refractivity contribution in [3.8, 4) is 0 Å². The van der Waals surface area contributed by atoms with E-state index in [2.05, 4.69) is 45.1 Å². The van der Waals surface area contributed by atoms with Crippen molar-refractivity contribution in [2.75, 3.05) is 0 Å². The zero-order chi connectivity index (χ0) is 14.7. The molecule has 0 saturated heterocycles. The molecule has 1 aromatic heterocycles. The fourth-order valence-corrected chi connectivity index (χ4v) is 3.27. The van der Waals surface area contributed by atoms with E-state index < -0.39 is 0 Å². The second kappa shape index (κ2) is 6.51. The van der Waals surface area contributed by atoms with E-state index in [1.165, 1.54) is 21.9 Å². The minimum Gasteiger partial charge on any atom is -0.302 e. The number of aryl methyl sites for hydroxylation is 1. The SMILES string of the molecule is Cc1ccc(C(C)NC(c2ccc(F)cc2)C(C)C)s1. The van der Waals surface area contributed by atoms with Crippen molar-refractivity contribution >= 4 is 11.3 Å². The van der Waals surface area contributed by atoms with Gasteiger partial charge in [0.2, 0.25) is 0 Å². The van der Waals surface area contributed by atoms with Crippen molar-refractivity contribution in [2.24, 2.45) is 5.92 Å². The van der Waals surface area contributed by atoms with Gasteiger partial charge in [-0.1, -0.05) is 26.0 Å². The Hall–Kier alpha value is -1.19. The summed E-state index contributed by atoms with van der Waals surface area (Å²) in [5.74, 6) is 0.266. The van der Waals surface area contributed by atoms with Crippen molar-refractivity contribution in [3.05, 3.63) is 57.5 Å². The monoisotopic (exact) mass is 291 g/mol. The van der Waals surface area contributed by atoms with Crippen LogP contribution in [0.25, 0.3) is 0 Å². The van der Waals surface area contributed by atoms with Gasteiger partial charge in [0.25, 0.3) is 0 Å². The summed E-state index contributed by atoms with van der Waals surface area (Å²) in [5.41, 5.74) is 1.14. The molecule has 2 aromatic rings. The van der Waals surface area contributed by atoms with Crippen molar-refractivity contribution in [1.29, 1.82) is 0 Å². The van der Waals surface area contributed by atoms with Crippen LogP contribution in [0, 0.1) is 18.7 Å². The van der Waals surface area contributed by atoms with Crippen LogP contribution in [-0.2, 0) is 0 Å². The fourth-order valence-electron chi connectivity index (χ4n) is 2.38. The zero-order valence-corrected chi connectivity index (χ0v) is 13.3. The minimum atomic E-state index is -0.182. The molecule has 0 spiro atoms. The number of halogens is 1. The standard InChI is InChI=1S/C17H22FNS/c1-11(2)17(14-6-8-15(18)9-7-14)19-13(4)16-10-5-12(3)20-16/h5-11,13,17,19H,1-4H3. The van der Waals surface area contributed by atoms with Gasteiger partial charge in [0.05, 0.1) is 0 Å². The molecule has 1 aromatic carbocycles. The van der Waals surface area contributed by atoms with E-state index in [1.54, 1.807) is 0 Å². The Morgan fingerprint density at radius 1 is 1.00 bits per heavy atom. The van der Waals surface area contributed by atoms with Crippen LogP contribution in [0.15, 0.2) is 36.4 Å². The second-order valence-corrected chi connectivity index (χ2v) is 6.93. The van der Waals surface area contributed by atoms with Gasteiger partial charge in [0, 0.05) is 21.8 Å². The first kappa shape index (κ1) is 15.2. The second-order valence-electron chi connectivity index (χ2n) is 5.61. The lowest BCUT2D eigenvalue weighted by Crippen LogP contribution is -2.28. The minimum absolute atomic E-state index is 0.182. The molecule has 0 bridgehead atoms. The number of benzene rings is 1. The Labute approximate surface area is 124 Å². The van der Waals surface area contributed by atoms with Gasteiger partial charge in [-0.25, -0.2) is 4.39 Å². The highest BCUT2D eigenvalue weighted by molar-refractivity contribution is 7.12. The van der Waals surface area contributed by atoms with Crippen molar-refractivity contribution in [1.82, 2.24) is 5.32 Å². The smallest absolute Gasteiger partial charge is 0.123 e. The number of nitrogens with one attached hydrogen (secondary N) is 1. The quantitative estimate of drug-likeness (QED) is 0.794. The lowest BCUT2D eigenvalue weighted by molar-refractivity contribution is 0.376. The maximum absolute atomic E-state index is 13.1. The summed E-state index contributed by atoms with van der Waals surface area (Å²) in [4.78, 5) is 2.67. The van der Waals surface area contributed by atoms with E-state index in [0.717, 1.165) is 5.56 Å². The molecule has 0 amide bonds. The maximum Gasteiger partial charge on any atom is 0.123 e. The Kier molecular flexibility index (Phi) is 4.95. The molecule has 2 rings (SSSR count). The molecule has 108 valence electrons. The molecule has 2 unspecified atom stereocenters. The highest BCUT2D eigenvalue weighted by atomic mass is 32.1. The molecule has 0 saturated carbocycles. The molecule has 1 heterocycles. The van der Waals surface area contributed by atoms with E-state index >= 15 is 0 Å². The van der Waals surface area contributed by atoms with Gasteiger partial charge < -0.3 is 5.32 Å². The summed E-state index contributed by atoms with van der Waals surface area (Å²) in [6.45, 7) is 8.69. The van der Waals surface area contributed by atoms with Crippen molar-refractivity contribution < 1.29 is 4.39 Å². The van der Waals surface area contributed by atoms with Crippen LogP contribution in [0.5, 0.6) is 0 Å². The number of hydrogen-bond donors (Lipinski definition) is 1. The molecule has 2 atom stereocenters. The zero-order valence-electron chi connectivity index (χ0n) is 12.5. The number of thiophene rings is 1. The van der Waals surface area contributed by atoms with Gasteiger partial charge in [-0.2, -0.15) is 0 Å². The molecule has 1 nitrogen and oxygen atoms in total. The normalized spacial score (nSPS) is 14.5. The lowest BCUT2D eigenvalue weighted by Gasteiger charge is -2.26.